The van der Waals surface area contributed by atoms with Gasteiger partial charge in [0.05, 0.1) is 11.6 Å². The Kier molecular flexibility index (Phi) is 6.26. The van der Waals surface area contributed by atoms with Gasteiger partial charge in [0.25, 0.3) is 0 Å². The fourth-order valence-electron chi connectivity index (χ4n) is 3.52. The largest absolute Gasteiger partial charge is 0.396 e. The summed E-state index contributed by atoms with van der Waals surface area (Å²) in [5.41, 5.74) is 12.3. The average Bonchev–Trinajstić information content (AvgIpc) is 2.74. The van der Waals surface area contributed by atoms with Crippen LogP contribution in [0.4, 0.5) is 11.6 Å². The molecule has 1 aromatic heterocycles. The number of aliphatic hydroxyl groups is 1. The van der Waals surface area contributed by atoms with Crippen LogP contribution in [0, 0.1) is 11.3 Å². The van der Waals surface area contributed by atoms with Gasteiger partial charge in [-0.25, -0.2) is 9.97 Å². The molecule has 1 atom stereocenters. The van der Waals surface area contributed by atoms with Crippen LogP contribution in [0.3, 0.4) is 0 Å². The molecule has 6 N–H and O–H groups in total. The zero-order valence-corrected chi connectivity index (χ0v) is 16.1. The molecule has 0 aliphatic carbocycles. The summed E-state index contributed by atoms with van der Waals surface area (Å²) in [5.74, 6) is 0.349. The molecule has 1 amide bonds. The third-order valence-corrected chi connectivity index (χ3v) is 5.30. The van der Waals surface area contributed by atoms with Crippen LogP contribution in [0.1, 0.15) is 36.4 Å². The standard InChI is InChI=1S/C20H25N7O2/c21-12-15-17(22)24-13-25-18(15)27-9-7-20(23,8-10-27)19(29)26-16(6-11-28)14-4-2-1-3-5-14/h1-5,13,16,28H,6-11,23H2,(H,26,29)(H2,22,24,25)/t16-/m0/s1. The van der Waals surface area contributed by atoms with Gasteiger partial charge in [0.2, 0.25) is 5.91 Å². The van der Waals surface area contributed by atoms with Crippen molar-refractivity contribution >= 4 is 17.5 Å². The molecule has 0 radical (unpaired) electrons. The van der Waals surface area contributed by atoms with E-state index >= 15 is 0 Å². The van der Waals surface area contributed by atoms with E-state index in [0.717, 1.165) is 5.56 Å². The molecule has 152 valence electrons. The first-order chi connectivity index (χ1) is 14.0. The zero-order valence-electron chi connectivity index (χ0n) is 16.1. The number of benzene rings is 1. The number of hydrogen-bond donors (Lipinski definition) is 4. The number of nitrogen functional groups attached to an aromatic ring is 1. The summed E-state index contributed by atoms with van der Waals surface area (Å²) in [5, 5.41) is 21.7. The van der Waals surface area contributed by atoms with Crippen LogP contribution in [-0.4, -0.2) is 46.2 Å². The van der Waals surface area contributed by atoms with Gasteiger partial charge in [-0.1, -0.05) is 30.3 Å². The molecule has 2 aromatic rings. The number of aliphatic hydroxyl groups excluding tert-OH is 1. The van der Waals surface area contributed by atoms with Crippen LogP contribution in [-0.2, 0) is 4.79 Å². The molecule has 0 bridgehead atoms. The molecule has 3 rings (SSSR count). The van der Waals surface area contributed by atoms with Crippen LogP contribution >= 0.6 is 0 Å². The van der Waals surface area contributed by atoms with Gasteiger partial charge < -0.3 is 26.8 Å². The van der Waals surface area contributed by atoms with Crippen LogP contribution < -0.4 is 21.7 Å². The number of amides is 1. The van der Waals surface area contributed by atoms with Gasteiger partial charge in [0.1, 0.15) is 23.8 Å². The van der Waals surface area contributed by atoms with Gasteiger partial charge in [0, 0.05) is 19.7 Å². The number of nitrogens with one attached hydrogen (secondary N) is 1. The molecule has 9 nitrogen and oxygen atoms in total. The van der Waals surface area contributed by atoms with Gasteiger partial charge in [-0.2, -0.15) is 5.26 Å². The molecule has 1 fully saturated rings. The maximum absolute atomic E-state index is 13.0. The highest BCUT2D eigenvalue weighted by Gasteiger charge is 2.39. The smallest absolute Gasteiger partial charge is 0.240 e. The van der Waals surface area contributed by atoms with Crippen LogP contribution in [0.15, 0.2) is 36.7 Å². The van der Waals surface area contributed by atoms with E-state index in [0.29, 0.717) is 38.2 Å². The molecule has 1 aliphatic rings. The summed E-state index contributed by atoms with van der Waals surface area (Å²) in [4.78, 5) is 22.9. The third-order valence-electron chi connectivity index (χ3n) is 5.30. The lowest BCUT2D eigenvalue weighted by Gasteiger charge is -2.39. The number of hydrogen-bond acceptors (Lipinski definition) is 8. The number of nitrogens with two attached hydrogens (primary N) is 2. The van der Waals surface area contributed by atoms with Crippen molar-refractivity contribution in [3.63, 3.8) is 0 Å². The Labute approximate surface area is 169 Å². The number of nitriles is 1. The van der Waals surface area contributed by atoms with Crippen molar-refractivity contribution in [2.75, 3.05) is 30.3 Å². The molecule has 2 heterocycles. The highest BCUT2D eigenvalue weighted by molar-refractivity contribution is 5.87. The Balaban J connectivity index is 1.69. The second-order valence-electron chi connectivity index (χ2n) is 7.16. The lowest BCUT2D eigenvalue weighted by atomic mass is 9.87. The fourth-order valence-corrected chi connectivity index (χ4v) is 3.52. The summed E-state index contributed by atoms with van der Waals surface area (Å²) < 4.78 is 0. The Morgan fingerprint density at radius 2 is 2.00 bits per heavy atom. The lowest BCUT2D eigenvalue weighted by Crippen LogP contribution is -2.60. The summed E-state index contributed by atoms with van der Waals surface area (Å²) in [6, 6.07) is 11.2. The van der Waals surface area contributed by atoms with Crippen molar-refractivity contribution < 1.29 is 9.90 Å². The van der Waals surface area contributed by atoms with Gasteiger partial charge in [-0.05, 0) is 24.8 Å². The number of piperidine rings is 1. The predicted molar refractivity (Wildman–Crippen MR) is 109 cm³/mol. The number of nitrogens with zero attached hydrogens (tertiary/aromatic N) is 4. The lowest BCUT2D eigenvalue weighted by molar-refractivity contribution is -0.128. The first-order valence-corrected chi connectivity index (χ1v) is 9.49. The van der Waals surface area contributed by atoms with Crippen LogP contribution in [0.25, 0.3) is 0 Å². The molecule has 0 saturated carbocycles. The number of carbonyl (C=O) groups is 1. The normalized spacial score (nSPS) is 16.7. The first-order valence-electron chi connectivity index (χ1n) is 9.49. The van der Waals surface area contributed by atoms with E-state index in [2.05, 4.69) is 15.3 Å². The topological polar surface area (TPSA) is 154 Å². The van der Waals surface area contributed by atoms with Gasteiger partial charge in [-0.3, -0.25) is 4.79 Å². The van der Waals surface area contributed by atoms with Crippen molar-refractivity contribution in [3.05, 3.63) is 47.8 Å². The van der Waals surface area contributed by atoms with E-state index in [1.165, 1.54) is 6.33 Å². The minimum atomic E-state index is -1.04. The van der Waals surface area contributed by atoms with Gasteiger partial charge >= 0.3 is 0 Å². The number of carbonyl (C=O) groups excluding carboxylic acids is 1. The highest BCUT2D eigenvalue weighted by atomic mass is 16.3. The maximum Gasteiger partial charge on any atom is 0.240 e. The van der Waals surface area contributed by atoms with Crippen molar-refractivity contribution in [1.82, 2.24) is 15.3 Å². The summed E-state index contributed by atoms with van der Waals surface area (Å²) >= 11 is 0. The van der Waals surface area contributed by atoms with Crippen molar-refractivity contribution in [2.45, 2.75) is 30.8 Å². The second kappa shape index (κ2) is 8.86. The SMILES string of the molecule is N#Cc1c(N)ncnc1N1CCC(N)(C(=O)N[C@@H](CCO)c2ccccc2)CC1. The minimum absolute atomic E-state index is 0.0444. The van der Waals surface area contributed by atoms with Crippen LogP contribution in [0.5, 0.6) is 0 Å². The monoisotopic (exact) mass is 395 g/mol. The minimum Gasteiger partial charge on any atom is -0.396 e. The van der Waals surface area contributed by atoms with E-state index < -0.39 is 5.54 Å². The summed E-state index contributed by atoms with van der Waals surface area (Å²) in [7, 11) is 0. The first kappa shape index (κ1) is 20.5. The van der Waals surface area contributed by atoms with E-state index in [9.17, 15) is 15.2 Å². The van der Waals surface area contributed by atoms with Crippen molar-refractivity contribution in [1.29, 1.82) is 5.26 Å². The van der Waals surface area contributed by atoms with E-state index in [4.69, 9.17) is 11.5 Å². The fraction of sp³-hybridized carbons (Fsp3) is 0.400. The van der Waals surface area contributed by atoms with E-state index in [1.54, 1.807) is 0 Å². The Morgan fingerprint density at radius 3 is 2.62 bits per heavy atom. The molecule has 0 spiro atoms. The van der Waals surface area contributed by atoms with E-state index in [1.807, 2.05) is 41.3 Å². The summed E-state index contributed by atoms with van der Waals surface area (Å²) in [6.07, 6.45) is 2.52. The number of aromatic nitrogens is 2. The van der Waals surface area contributed by atoms with E-state index in [-0.39, 0.29) is 29.9 Å². The number of anilines is 2. The van der Waals surface area contributed by atoms with Gasteiger partial charge in [-0.15, -0.1) is 0 Å². The third kappa shape index (κ3) is 4.45. The Bertz CT molecular complexity index is 889. The molecular formula is C20H25N7O2. The molecule has 1 aliphatic heterocycles. The van der Waals surface area contributed by atoms with Crippen LogP contribution in [0.2, 0.25) is 0 Å². The predicted octanol–water partition coefficient (Wildman–Crippen LogP) is 0.468. The Hall–Kier alpha value is -3.22. The molecule has 1 aromatic carbocycles. The quantitative estimate of drug-likeness (QED) is 0.550. The van der Waals surface area contributed by atoms with Crippen molar-refractivity contribution in [2.24, 2.45) is 5.73 Å². The maximum atomic E-state index is 13.0. The average molecular weight is 395 g/mol. The zero-order chi connectivity index (χ0) is 20.9. The molecule has 9 heteroatoms. The highest BCUT2D eigenvalue weighted by Crippen LogP contribution is 2.28. The molecule has 0 unspecified atom stereocenters. The second-order valence-corrected chi connectivity index (χ2v) is 7.16. The molecule has 29 heavy (non-hydrogen) atoms. The molecular weight excluding hydrogens is 370 g/mol. The Morgan fingerprint density at radius 1 is 1.31 bits per heavy atom. The van der Waals surface area contributed by atoms with Gasteiger partial charge in [0.15, 0.2) is 5.82 Å². The molecule has 1 saturated heterocycles. The number of rotatable bonds is 6. The van der Waals surface area contributed by atoms with Crippen molar-refractivity contribution in [3.8, 4) is 6.07 Å². The summed E-state index contributed by atoms with van der Waals surface area (Å²) in [6.45, 7) is 0.882.